The zero-order valence-corrected chi connectivity index (χ0v) is 8.78. The maximum absolute atomic E-state index is 11.7. The average Bonchev–Trinajstić information content (AvgIpc) is 2.34. The Morgan fingerprint density at radius 1 is 1.50 bits per heavy atom. The van der Waals surface area contributed by atoms with Crippen molar-refractivity contribution in [1.82, 2.24) is 0 Å². The van der Waals surface area contributed by atoms with Gasteiger partial charge in [0.25, 0.3) is 0 Å². The average molecular weight is 216 g/mol. The Morgan fingerprint density at radius 3 is 2.75 bits per heavy atom. The zero-order valence-electron chi connectivity index (χ0n) is 8.78. The van der Waals surface area contributed by atoms with Gasteiger partial charge in [0.15, 0.2) is 0 Å². The molecule has 0 atom stereocenters. The van der Waals surface area contributed by atoms with Gasteiger partial charge in [-0.1, -0.05) is 29.4 Å². The van der Waals surface area contributed by atoms with Gasteiger partial charge in [-0.25, -0.2) is 0 Å². The van der Waals surface area contributed by atoms with Crippen molar-refractivity contribution in [2.45, 2.75) is 0 Å². The van der Waals surface area contributed by atoms with Crippen LogP contribution in [-0.2, 0) is 4.79 Å². The fraction of sp³-hybridized carbons (Fsp3) is 0.182. The van der Waals surface area contributed by atoms with E-state index in [9.17, 15) is 4.79 Å². The van der Waals surface area contributed by atoms with Crippen LogP contribution >= 0.6 is 0 Å². The number of nitrogens with zero attached hydrogens (tertiary/aromatic N) is 4. The molecule has 0 saturated heterocycles. The van der Waals surface area contributed by atoms with Gasteiger partial charge in [-0.3, -0.25) is 4.79 Å². The van der Waals surface area contributed by atoms with E-state index >= 15 is 0 Å². The Kier molecular flexibility index (Phi) is 4.63. The summed E-state index contributed by atoms with van der Waals surface area (Å²) in [5.41, 5.74) is 8.93. The van der Waals surface area contributed by atoms with Crippen LogP contribution in [0.25, 0.3) is 10.4 Å². The molecule has 0 saturated carbocycles. The predicted molar refractivity (Wildman–Crippen MR) is 63.0 cm³/mol. The SMILES string of the molecule is C=CCN(C(=O)CN=[N+]=[N-])c1ccccc1. The first kappa shape index (κ1) is 11.8. The highest BCUT2D eigenvalue weighted by Crippen LogP contribution is 2.13. The van der Waals surface area contributed by atoms with E-state index in [-0.39, 0.29) is 12.5 Å². The lowest BCUT2D eigenvalue weighted by Gasteiger charge is -2.20. The molecule has 0 N–H and O–H groups in total. The van der Waals surface area contributed by atoms with E-state index in [1.807, 2.05) is 30.3 Å². The molecule has 0 radical (unpaired) electrons. The second-order valence-electron chi connectivity index (χ2n) is 3.02. The third-order valence-electron chi connectivity index (χ3n) is 1.95. The van der Waals surface area contributed by atoms with Crippen LogP contribution in [0.2, 0.25) is 0 Å². The number of rotatable bonds is 5. The van der Waals surface area contributed by atoms with E-state index in [2.05, 4.69) is 16.6 Å². The standard InChI is InChI=1S/C11H12N4O/c1-2-8-15(11(16)9-13-14-12)10-6-4-3-5-7-10/h2-7H,1,8-9H2. The topological polar surface area (TPSA) is 69.1 Å². The van der Waals surface area contributed by atoms with Crippen molar-refractivity contribution in [3.05, 3.63) is 53.4 Å². The molecular formula is C11H12N4O. The van der Waals surface area contributed by atoms with Crippen molar-refractivity contribution in [2.24, 2.45) is 5.11 Å². The molecule has 5 nitrogen and oxygen atoms in total. The zero-order chi connectivity index (χ0) is 11.8. The molecule has 1 rings (SSSR count). The first-order valence-corrected chi connectivity index (χ1v) is 4.76. The number of hydrogen-bond acceptors (Lipinski definition) is 2. The minimum absolute atomic E-state index is 0.181. The summed E-state index contributed by atoms with van der Waals surface area (Å²) in [6.45, 7) is 3.80. The van der Waals surface area contributed by atoms with Gasteiger partial charge in [0.2, 0.25) is 5.91 Å². The highest BCUT2D eigenvalue weighted by molar-refractivity contribution is 5.95. The molecule has 0 bridgehead atoms. The van der Waals surface area contributed by atoms with Gasteiger partial charge in [0.05, 0.1) is 0 Å². The molecular weight excluding hydrogens is 204 g/mol. The number of anilines is 1. The lowest BCUT2D eigenvalue weighted by molar-refractivity contribution is -0.117. The molecule has 1 aromatic carbocycles. The van der Waals surface area contributed by atoms with E-state index in [0.717, 1.165) is 5.69 Å². The first-order chi connectivity index (χ1) is 7.79. The van der Waals surface area contributed by atoms with E-state index < -0.39 is 0 Å². The van der Waals surface area contributed by atoms with Gasteiger partial charge in [0, 0.05) is 17.1 Å². The molecule has 1 aromatic rings. The van der Waals surface area contributed by atoms with Crippen molar-refractivity contribution in [3.8, 4) is 0 Å². The van der Waals surface area contributed by atoms with Crippen LogP contribution in [0.4, 0.5) is 5.69 Å². The summed E-state index contributed by atoms with van der Waals surface area (Å²) in [5.74, 6) is -0.246. The molecule has 0 unspecified atom stereocenters. The van der Waals surface area contributed by atoms with Crippen LogP contribution in [0.5, 0.6) is 0 Å². The Bertz CT molecular complexity index is 409. The smallest absolute Gasteiger partial charge is 0.233 e. The largest absolute Gasteiger partial charge is 0.309 e. The summed E-state index contributed by atoms with van der Waals surface area (Å²) in [6.07, 6.45) is 1.63. The van der Waals surface area contributed by atoms with E-state index in [4.69, 9.17) is 5.53 Å². The molecule has 0 spiro atoms. The summed E-state index contributed by atoms with van der Waals surface area (Å²) < 4.78 is 0. The third-order valence-corrected chi connectivity index (χ3v) is 1.95. The highest BCUT2D eigenvalue weighted by Gasteiger charge is 2.12. The normalized spacial score (nSPS) is 9.00. The Labute approximate surface area is 93.6 Å². The quantitative estimate of drug-likeness (QED) is 0.322. The summed E-state index contributed by atoms with van der Waals surface area (Å²) in [4.78, 5) is 15.8. The van der Waals surface area contributed by atoms with Crippen molar-refractivity contribution in [1.29, 1.82) is 0 Å². The van der Waals surface area contributed by atoms with Gasteiger partial charge in [-0.15, -0.1) is 6.58 Å². The van der Waals surface area contributed by atoms with Crippen LogP contribution in [0.15, 0.2) is 48.1 Å². The first-order valence-electron chi connectivity index (χ1n) is 4.76. The number of carbonyl (C=O) groups excluding carboxylic acids is 1. The Balaban J connectivity index is 2.86. The van der Waals surface area contributed by atoms with Gasteiger partial charge in [-0.2, -0.15) is 0 Å². The number of benzene rings is 1. The lowest BCUT2D eigenvalue weighted by Crippen LogP contribution is -2.32. The lowest BCUT2D eigenvalue weighted by atomic mass is 10.3. The monoisotopic (exact) mass is 216 g/mol. The van der Waals surface area contributed by atoms with Gasteiger partial charge in [-0.05, 0) is 17.7 Å². The van der Waals surface area contributed by atoms with Crippen molar-refractivity contribution >= 4 is 11.6 Å². The number of hydrogen-bond donors (Lipinski definition) is 0. The maximum atomic E-state index is 11.7. The Morgan fingerprint density at radius 2 is 2.19 bits per heavy atom. The summed E-state index contributed by atoms with van der Waals surface area (Å²) in [7, 11) is 0. The van der Waals surface area contributed by atoms with Crippen LogP contribution in [-0.4, -0.2) is 19.0 Å². The summed E-state index contributed by atoms with van der Waals surface area (Å²) in [6, 6.07) is 9.18. The molecule has 0 aliphatic rings. The minimum atomic E-state index is -0.246. The number of carbonyl (C=O) groups is 1. The van der Waals surface area contributed by atoms with Crippen LogP contribution < -0.4 is 4.90 Å². The molecule has 0 heterocycles. The van der Waals surface area contributed by atoms with E-state index in [1.54, 1.807) is 6.08 Å². The fourth-order valence-corrected chi connectivity index (χ4v) is 1.27. The van der Waals surface area contributed by atoms with Crippen LogP contribution in [0.1, 0.15) is 0 Å². The molecule has 0 aliphatic carbocycles. The third kappa shape index (κ3) is 3.15. The fourth-order valence-electron chi connectivity index (χ4n) is 1.27. The predicted octanol–water partition coefficient (Wildman–Crippen LogP) is 2.52. The molecule has 0 fully saturated rings. The second-order valence-corrected chi connectivity index (χ2v) is 3.02. The van der Waals surface area contributed by atoms with E-state index in [1.165, 1.54) is 4.90 Å². The molecule has 1 amide bonds. The van der Waals surface area contributed by atoms with Gasteiger partial charge >= 0.3 is 0 Å². The van der Waals surface area contributed by atoms with Crippen molar-refractivity contribution < 1.29 is 4.79 Å². The maximum Gasteiger partial charge on any atom is 0.233 e. The highest BCUT2D eigenvalue weighted by atomic mass is 16.2. The van der Waals surface area contributed by atoms with Crippen LogP contribution in [0, 0.1) is 0 Å². The van der Waals surface area contributed by atoms with Gasteiger partial charge in [0.1, 0.15) is 6.54 Å². The number of para-hydroxylation sites is 1. The summed E-state index contributed by atoms with van der Waals surface area (Å²) in [5, 5.41) is 3.26. The Hall–Kier alpha value is -2.26. The van der Waals surface area contributed by atoms with Crippen molar-refractivity contribution in [2.75, 3.05) is 18.0 Å². The van der Waals surface area contributed by atoms with E-state index in [0.29, 0.717) is 6.54 Å². The molecule has 0 aliphatic heterocycles. The van der Waals surface area contributed by atoms with Gasteiger partial charge < -0.3 is 4.90 Å². The second kappa shape index (κ2) is 6.27. The van der Waals surface area contributed by atoms with Crippen LogP contribution in [0.3, 0.4) is 0 Å². The minimum Gasteiger partial charge on any atom is -0.309 e. The molecule has 5 heteroatoms. The molecule has 0 aromatic heterocycles. The molecule has 82 valence electrons. The number of azide groups is 1. The van der Waals surface area contributed by atoms with Crippen molar-refractivity contribution in [3.63, 3.8) is 0 Å². The number of amides is 1. The molecule has 16 heavy (non-hydrogen) atoms. The summed E-state index contributed by atoms with van der Waals surface area (Å²) >= 11 is 0.